The monoisotopic (exact) mass is 264 g/mol. The van der Waals surface area contributed by atoms with Crippen molar-refractivity contribution >= 4 is 23.0 Å². The molecular formula is C12H13FN4O2. The Morgan fingerprint density at radius 2 is 2.16 bits per heavy atom. The summed E-state index contributed by atoms with van der Waals surface area (Å²) in [6.45, 7) is 1.77. The highest BCUT2D eigenvalue weighted by molar-refractivity contribution is 6.00. The second kappa shape index (κ2) is 4.60. The van der Waals surface area contributed by atoms with E-state index in [1.807, 2.05) is 0 Å². The number of aryl methyl sites for hydroxylation is 2. The van der Waals surface area contributed by atoms with Crippen LogP contribution in [0.25, 0.3) is 0 Å². The van der Waals surface area contributed by atoms with Crippen molar-refractivity contribution in [2.75, 3.05) is 11.1 Å². The van der Waals surface area contributed by atoms with E-state index in [1.165, 1.54) is 6.07 Å². The summed E-state index contributed by atoms with van der Waals surface area (Å²) in [5.41, 5.74) is 6.34. The van der Waals surface area contributed by atoms with E-state index in [2.05, 4.69) is 10.4 Å². The van der Waals surface area contributed by atoms with Gasteiger partial charge in [0.25, 0.3) is 0 Å². The summed E-state index contributed by atoms with van der Waals surface area (Å²) in [7, 11) is 1.75. The number of carbonyl (C=O) groups is 1. The fourth-order valence-electron chi connectivity index (χ4n) is 1.80. The average molecular weight is 264 g/mol. The minimum atomic E-state index is -1.29. The first-order valence-corrected chi connectivity index (χ1v) is 5.48. The lowest BCUT2D eigenvalue weighted by atomic mass is 10.1. The fourth-order valence-corrected chi connectivity index (χ4v) is 1.80. The van der Waals surface area contributed by atoms with E-state index >= 15 is 0 Å². The molecule has 0 radical (unpaired) electrons. The van der Waals surface area contributed by atoms with Gasteiger partial charge < -0.3 is 16.2 Å². The van der Waals surface area contributed by atoms with Gasteiger partial charge in [-0.2, -0.15) is 5.10 Å². The van der Waals surface area contributed by atoms with E-state index in [0.29, 0.717) is 11.4 Å². The van der Waals surface area contributed by atoms with Gasteiger partial charge in [-0.05, 0) is 19.1 Å². The zero-order valence-corrected chi connectivity index (χ0v) is 10.4. The molecule has 1 aromatic carbocycles. The van der Waals surface area contributed by atoms with E-state index in [9.17, 15) is 9.18 Å². The molecule has 0 fully saturated rings. The van der Waals surface area contributed by atoms with Crippen LogP contribution in [-0.4, -0.2) is 20.9 Å². The molecule has 0 aliphatic rings. The summed E-state index contributed by atoms with van der Waals surface area (Å²) in [6.07, 6.45) is 1.69. The Hall–Kier alpha value is -2.57. The highest BCUT2D eigenvalue weighted by Crippen LogP contribution is 2.28. The van der Waals surface area contributed by atoms with Crippen LogP contribution in [0.1, 0.15) is 16.1 Å². The molecule has 19 heavy (non-hydrogen) atoms. The molecule has 0 amide bonds. The number of aromatic carboxylic acids is 1. The number of hydrogen-bond acceptors (Lipinski definition) is 4. The number of nitrogen functional groups attached to an aromatic ring is 1. The normalized spacial score (nSPS) is 10.5. The van der Waals surface area contributed by atoms with Gasteiger partial charge >= 0.3 is 5.97 Å². The molecule has 2 aromatic rings. The zero-order chi connectivity index (χ0) is 14.2. The highest BCUT2D eigenvalue weighted by atomic mass is 19.1. The summed E-state index contributed by atoms with van der Waals surface area (Å²) in [6, 6.07) is 2.46. The van der Waals surface area contributed by atoms with Crippen LogP contribution in [0.3, 0.4) is 0 Å². The second-order valence-electron chi connectivity index (χ2n) is 4.12. The van der Waals surface area contributed by atoms with Crippen LogP contribution >= 0.6 is 0 Å². The number of nitrogens with one attached hydrogen (secondary N) is 1. The molecule has 2 rings (SSSR count). The molecule has 0 atom stereocenters. The maximum atomic E-state index is 13.3. The van der Waals surface area contributed by atoms with E-state index in [4.69, 9.17) is 10.8 Å². The molecule has 100 valence electrons. The van der Waals surface area contributed by atoms with Gasteiger partial charge in [-0.3, -0.25) is 4.68 Å². The Balaban J connectivity index is 2.49. The topological polar surface area (TPSA) is 93.2 Å². The number of anilines is 3. The largest absolute Gasteiger partial charge is 0.478 e. The van der Waals surface area contributed by atoms with E-state index in [0.717, 1.165) is 6.07 Å². The minimum Gasteiger partial charge on any atom is -0.478 e. The smallest absolute Gasteiger partial charge is 0.340 e. The molecule has 1 aromatic heterocycles. The van der Waals surface area contributed by atoms with Gasteiger partial charge in [0.1, 0.15) is 11.4 Å². The van der Waals surface area contributed by atoms with Crippen molar-refractivity contribution in [2.45, 2.75) is 6.92 Å². The molecule has 0 aliphatic carbocycles. The first kappa shape index (κ1) is 12.9. The number of rotatable bonds is 3. The number of halogens is 1. The molecule has 0 bridgehead atoms. The molecule has 6 nitrogen and oxygen atoms in total. The molecule has 0 saturated carbocycles. The van der Waals surface area contributed by atoms with Crippen molar-refractivity contribution in [1.29, 1.82) is 0 Å². The highest BCUT2D eigenvalue weighted by Gasteiger charge is 2.18. The summed E-state index contributed by atoms with van der Waals surface area (Å²) >= 11 is 0. The number of carboxylic acids is 1. The lowest BCUT2D eigenvalue weighted by molar-refractivity contribution is 0.0698. The van der Waals surface area contributed by atoms with E-state index < -0.39 is 11.8 Å². The summed E-state index contributed by atoms with van der Waals surface area (Å²) < 4.78 is 14.9. The standard InChI is InChI=1S/C12H13FN4O2/c1-6-9(5-17(2)16-6)15-8-4-3-7(13)11(14)10(8)12(18)19/h3-5,15H,14H2,1-2H3,(H,18,19). The molecule has 7 heteroatoms. The van der Waals surface area contributed by atoms with Crippen molar-refractivity contribution in [1.82, 2.24) is 9.78 Å². The molecule has 1 heterocycles. The fraction of sp³-hybridized carbons (Fsp3) is 0.167. The van der Waals surface area contributed by atoms with Gasteiger partial charge in [-0.15, -0.1) is 0 Å². The zero-order valence-electron chi connectivity index (χ0n) is 10.4. The number of benzene rings is 1. The average Bonchev–Trinajstić information content (AvgIpc) is 2.62. The number of nitrogens with two attached hydrogens (primary N) is 1. The lowest BCUT2D eigenvalue weighted by Crippen LogP contribution is -2.08. The Kier molecular flexibility index (Phi) is 3.12. The molecular weight excluding hydrogens is 251 g/mol. The molecule has 0 spiro atoms. The summed E-state index contributed by atoms with van der Waals surface area (Å²) in [5, 5.41) is 16.1. The first-order valence-electron chi connectivity index (χ1n) is 5.48. The summed E-state index contributed by atoms with van der Waals surface area (Å²) in [4.78, 5) is 11.2. The van der Waals surface area contributed by atoms with Gasteiger partial charge in [0.05, 0.1) is 22.8 Å². The third kappa shape index (κ3) is 2.35. The number of hydrogen-bond donors (Lipinski definition) is 3. The van der Waals surface area contributed by atoms with Crippen molar-refractivity contribution in [3.8, 4) is 0 Å². The van der Waals surface area contributed by atoms with Crippen LogP contribution in [0.2, 0.25) is 0 Å². The van der Waals surface area contributed by atoms with Crippen molar-refractivity contribution in [2.24, 2.45) is 7.05 Å². The van der Waals surface area contributed by atoms with Crippen molar-refractivity contribution in [3.63, 3.8) is 0 Å². The first-order chi connectivity index (χ1) is 8.90. The van der Waals surface area contributed by atoms with E-state index in [-0.39, 0.29) is 16.9 Å². The van der Waals surface area contributed by atoms with Gasteiger partial charge in [0, 0.05) is 13.2 Å². The minimum absolute atomic E-state index is 0.225. The third-order valence-electron chi connectivity index (χ3n) is 2.69. The number of aromatic nitrogens is 2. The Bertz CT molecular complexity index is 651. The van der Waals surface area contributed by atoms with Gasteiger partial charge in [0.2, 0.25) is 0 Å². The SMILES string of the molecule is Cc1nn(C)cc1Nc1ccc(F)c(N)c1C(=O)O. The lowest BCUT2D eigenvalue weighted by Gasteiger charge is -2.11. The van der Waals surface area contributed by atoms with Crippen LogP contribution in [0.5, 0.6) is 0 Å². The van der Waals surface area contributed by atoms with Crippen molar-refractivity contribution < 1.29 is 14.3 Å². The summed E-state index contributed by atoms with van der Waals surface area (Å²) in [5.74, 6) is -2.05. The van der Waals surface area contributed by atoms with Gasteiger partial charge in [0.15, 0.2) is 0 Å². The third-order valence-corrected chi connectivity index (χ3v) is 2.69. The number of nitrogens with zero attached hydrogens (tertiary/aromatic N) is 2. The molecule has 0 aliphatic heterocycles. The molecule has 0 saturated heterocycles. The van der Waals surface area contributed by atoms with Crippen LogP contribution < -0.4 is 11.1 Å². The molecule has 0 unspecified atom stereocenters. The van der Waals surface area contributed by atoms with Crippen LogP contribution in [0.4, 0.5) is 21.5 Å². The van der Waals surface area contributed by atoms with Crippen LogP contribution in [-0.2, 0) is 7.05 Å². The van der Waals surface area contributed by atoms with Crippen LogP contribution in [0, 0.1) is 12.7 Å². The Morgan fingerprint density at radius 3 is 2.68 bits per heavy atom. The predicted molar refractivity (Wildman–Crippen MR) is 69.0 cm³/mol. The van der Waals surface area contributed by atoms with Crippen LogP contribution in [0.15, 0.2) is 18.3 Å². The predicted octanol–water partition coefficient (Wildman–Crippen LogP) is 1.89. The maximum absolute atomic E-state index is 13.3. The quantitative estimate of drug-likeness (QED) is 0.736. The van der Waals surface area contributed by atoms with Crippen molar-refractivity contribution in [3.05, 3.63) is 35.4 Å². The second-order valence-corrected chi connectivity index (χ2v) is 4.12. The Labute approximate surface area is 108 Å². The maximum Gasteiger partial charge on any atom is 0.340 e. The van der Waals surface area contributed by atoms with E-state index in [1.54, 1.807) is 24.9 Å². The Morgan fingerprint density at radius 1 is 1.47 bits per heavy atom. The molecule has 4 N–H and O–H groups in total. The number of carboxylic acid groups (broad SMARTS) is 1. The van der Waals surface area contributed by atoms with Gasteiger partial charge in [-0.1, -0.05) is 0 Å². The van der Waals surface area contributed by atoms with Gasteiger partial charge in [-0.25, -0.2) is 9.18 Å².